The normalized spacial score (nSPS) is 8.29. The Labute approximate surface area is 97.9 Å². The minimum atomic E-state index is -0.742. The van der Waals surface area contributed by atoms with Crippen LogP contribution in [0.25, 0.3) is 0 Å². The molecule has 0 aliphatic heterocycles. The number of carbonyl (C=O) groups excluding carboxylic acids is 2. The summed E-state index contributed by atoms with van der Waals surface area (Å²) in [6.45, 7) is 3.18. The van der Waals surface area contributed by atoms with Gasteiger partial charge in [0.1, 0.15) is 0 Å². The Morgan fingerprint density at radius 1 is 1.21 bits per heavy atom. The van der Waals surface area contributed by atoms with Crippen molar-refractivity contribution >= 4 is 35.0 Å². The van der Waals surface area contributed by atoms with E-state index in [1.54, 1.807) is 30.3 Å². The van der Waals surface area contributed by atoms with Crippen LogP contribution in [0.3, 0.4) is 0 Å². The molecule has 0 heterocycles. The van der Waals surface area contributed by atoms with Crippen LogP contribution >= 0.6 is 0 Å². The van der Waals surface area contributed by atoms with Gasteiger partial charge in [0.05, 0.1) is 5.56 Å². The fourth-order valence-corrected chi connectivity index (χ4v) is 0.766. The number of ether oxygens (including phenoxy) is 1. The third-order valence-electron chi connectivity index (χ3n) is 1.37. The molecule has 0 atom stereocenters. The van der Waals surface area contributed by atoms with Crippen molar-refractivity contribution in [1.29, 1.82) is 0 Å². The first-order valence-electron chi connectivity index (χ1n) is 3.67. The number of esters is 2. The van der Waals surface area contributed by atoms with Gasteiger partial charge in [-0.2, -0.15) is 0 Å². The van der Waals surface area contributed by atoms with E-state index in [-0.39, 0.29) is 23.1 Å². The second-order valence-electron chi connectivity index (χ2n) is 2.28. The van der Waals surface area contributed by atoms with E-state index in [2.05, 4.69) is 11.3 Å². The van der Waals surface area contributed by atoms with Crippen molar-refractivity contribution < 1.29 is 14.3 Å². The van der Waals surface area contributed by atoms with Gasteiger partial charge in [-0.3, -0.25) is 0 Å². The lowest BCUT2D eigenvalue weighted by Crippen LogP contribution is -2.09. The Morgan fingerprint density at radius 3 is 2.29 bits per heavy atom. The molecule has 4 heteroatoms. The molecule has 1 aromatic carbocycles. The summed E-state index contributed by atoms with van der Waals surface area (Å²) in [4.78, 5) is 21.8. The van der Waals surface area contributed by atoms with Crippen LogP contribution < -0.4 is 0 Å². The van der Waals surface area contributed by atoms with Gasteiger partial charge >= 0.3 is 35.0 Å². The van der Waals surface area contributed by atoms with Crippen LogP contribution in [0.1, 0.15) is 10.4 Å². The van der Waals surface area contributed by atoms with Crippen LogP contribution in [0.2, 0.25) is 0 Å². The number of hydrogen-bond acceptors (Lipinski definition) is 3. The number of carbonyl (C=O) groups is 2. The number of hydrogen-bond donors (Lipinski definition) is 0. The van der Waals surface area contributed by atoms with Gasteiger partial charge in [0.15, 0.2) is 0 Å². The van der Waals surface area contributed by atoms with Gasteiger partial charge in [-0.25, -0.2) is 9.59 Å². The van der Waals surface area contributed by atoms with E-state index < -0.39 is 11.9 Å². The molecule has 0 amide bonds. The molecule has 0 aliphatic carbocycles. The van der Waals surface area contributed by atoms with E-state index in [1.807, 2.05) is 0 Å². The molecule has 0 saturated heterocycles. The van der Waals surface area contributed by atoms with E-state index in [1.165, 1.54) is 0 Å². The summed E-state index contributed by atoms with van der Waals surface area (Å²) in [5.74, 6) is -1.40. The average molecular weight is 202 g/mol. The summed E-state index contributed by atoms with van der Waals surface area (Å²) in [5, 5.41) is 0. The lowest BCUT2D eigenvalue weighted by atomic mass is 10.2. The van der Waals surface area contributed by atoms with E-state index in [0.29, 0.717) is 5.56 Å². The Balaban J connectivity index is 0.00000169. The maximum absolute atomic E-state index is 11.1. The number of benzene rings is 1. The minimum Gasteiger partial charge on any atom is -0.386 e. The van der Waals surface area contributed by atoms with Crippen LogP contribution in [-0.4, -0.2) is 35.0 Å². The third-order valence-corrected chi connectivity index (χ3v) is 1.37. The van der Waals surface area contributed by atoms with Gasteiger partial charge in [0.2, 0.25) is 0 Å². The summed E-state index contributed by atoms with van der Waals surface area (Å²) in [7, 11) is 0. The average Bonchev–Trinajstić information content (AvgIpc) is 2.19. The third kappa shape index (κ3) is 3.72. The highest BCUT2D eigenvalue weighted by atomic mass is 24.3. The summed E-state index contributed by atoms with van der Waals surface area (Å²) < 4.78 is 4.39. The van der Waals surface area contributed by atoms with Crippen LogP contribution in [0.4, 0.5) is 0 Å². The van der Waals surface area contributed by atoms with Gasteiger partial charge in [-0.1, -0.05) is 24.8 Å². The fraction of sp³-hybridized carbons (Fsp3) is 0. The standard InChI is InChI=1S/C10H8O3.Mg.2H/c1-2-9(11)13-10(12)8-6-4-3-5-7-8;;;/h2-7H,1H2;;;. The summed E-state index contributed by atoms with van der Waals surface area (Å²) in [5.41, 5.74) is 0.345. The molecule has 0 radical (unpaired) electrons. The van der Waals surface area contributed by atoms with E-state index >= 15 is 0 Å². The Kier molecular flexibility index (Phi) is 5.83. The maximum atomic E-state index is 11.1. The fourth-order valence-electron chi connectivity index (χ4n) is 0.766. The van der Waals surface area contributed by atoms with Crippen molar-refractivity contribution in [3.05, 3.63) is 48.6 Å². The summed E-state index contributed by atoms with van der Waals surface area (Å²) in [6.07, 6.45) is 0.945. The smallest absolute Gasteiger partial charge is 0.346 e. The molecule has 70 valence electrons. The largest absolute Gasteiger partial charge is 0.386 e. The van der Waals surface area contributed by atoms with Gasteiger partial charge in [0.25, 0.3) is 0 Å². The Bertz CT molecular complexity index is 332. The van der Waals surface area contributed by atoms with Crippen molar-refractivity contribution in [1.82, 2.24) is 0 Å². The molecule has 0 unspecified atom stereocenters. The van der Waals surface area contributed by atoms with Crippen LogP contribution in [0, 0.1) is 0 Å². The molecule has 0 bridgehead atoms. The highest BCUT2D eigenvalue weighted by Gasteiger charge is 2.08. The SMILES string of the molecule is C=CC(=O)OC(=O)c1ccccc1.[MgH2]. The van der Waals surface area contributed by atoms with Crippen molar-refractivity contribution in [3.63, 3.8) is 0 Å². The lowest BCUT2D eigenvalue weighted by molar-refractivity contribution is -0.132. The minimum absolute atomic E-state index is 0. The first-order chi connectivity index (χ1) is 6.24. The van der Waals surface area contributed by atoms with Crippen molar-refractivity contribution in [3.8, 4) is 0 Å². The van der Waals surface area contributed by atoms with E-state index in [0.717, 1.165) is 6.08 Å². The van der Waals surface area contributed by atoms with Crippen molar-refractivity contribution in [2.75, 3.05) is 0 Å². The van der Waals surface area contributed by atoms with Gasteiger partial charge in [-0.15, -0.1) is 0 Å². The second kappa shape index (κ2) is 6.34. The van der Waals surface area contributed by atoms with Gasteiger partial charge in [0, 0.05) is 6.08 Å². The molecule has 0 saturated carbocycles. The summed E-state index contributed by atoms with van der Waals surface area (Å²) >= 11 is 0. The molecule has 1 aromatic rings. The molecule has 0 fully saturated rings. The molecule has 0 aliphatic rings. The molecule has 0 N–H and O–H groups in total. The topological polar surface area (TPSA) is 43.4 Å². The van der Waals surface area contributed by atoms with Crippen LogP contribution in [0.15, 0.2) is 43.0 Å². The molecule has 14 heavy (non-hydrogen) atoms. The molecule has 1 rings (SSSR count). The number of rotatable bonds is 2. The zero-order valence-electron chi connectivity index (χ0n) is 6.90. The zero-order valence-corrected chi connectivity index (χ0v) is 6.90. The Morgan fingerprint density at radius 2 is 1.79 bits per heavy atom. The van der Waals surface area contributed by atoms with E-state index in [4.69, 9.17) is 0 Å². The lowest BCUT2D eigenvalue weighted by Gasteiger charge is -1.98. The zero-order chi connectivity index (χ0) is 9.68. The molecule has 0 spiro atoms. The predicted molar refractivity (Wildman–Crippen MR) is 55.6 cm³/mol. The highest BCUT2D eigenvalue weighted by molar-refractivity contribution is 5.99. The van der Waals surface area contributed by atoms with Crippen LogP contribution in [0.5, 0.6) is 0 Å². The van der Waals surface area contributed by atoms with Crippen molar-refractivity contribution in [2.24, 2.45) is 0 Å². The first kappa shape index (κ1) is 12.9. The predicted octanol–water partition coefficient (Wildman–Crippen LogP) is 0.640. The molecule has 0 aromatic heterocycles. The molecular formula is C10H10MgO3. The first-order valence-corrected chi connectivity index (χ1v) is 3.67. The van der Waals surface area contributed by atoms with E-state index in [9.17, 15) is 9.59 Å². The maximum Gasteiger partial charge on any atom is 0.346 e. The van der Waals surface area contributed by atoms with Gasteiger partial charge < -0.3 is 4.74 Å². The summed E-state index contributed by atoms with van der Waals surface area (Å²) in [6, 6.07) is 8.29. The van der Waals surface area contributed by atoms with Crippen LogP contribution in [-0.2, 0) is 9.53 Å². The quantitative estimate of drug-likeness (QED) is 0.306. The van der Waals surface area contributed by atoms with Gasteiger partial charge in [-0.05, 0) is 12.1 Å². The Hall–Kier alpha value is -1.13. The highest BCUT2D eigenvalue weighted by Crippen LogP contribution is 2.00. The van der Waals surface area contributed by atoms with Crippen molar-refractivity contribution in [2.45, 2.75) is 0 Å². The monoisotopic (exact) mass is 202 g/mol. The molecular weight excluding hydrogens is 192 g/mol. The molecule has 3 nitrogen and oxygen atoms in total. The second-order valence-corrected chi connectivity index (χ2v) is 2.28.